The lowest BCUT2D eigenvalue weighted by atomic mass is 10.00. The number of esters is 1. The molecule has 0 bridgehead atoms. The van der Waals surface area contributed by atoms with Gasteiger partial charge in [0.1, 0.15) is 0 Å². The molecule has 0 spiro atoms. The first-order valence-electron chi connectivity index (χ1n) is 7.03. The van der Waals surface area contributed by atoms with E-state index < -0.39 is 0 Å². The summed E-state index contributed by atoms with van der Waals surface area (Å²) < 4.78 is 4.79. The van der Waals surface area contributed by atoms with Gasteiger partial charge in [-0.3, -0.25) is 0 Å². The molecule has 110 valence electrons. The largest absolute Gasteiger partial charge is 0.464 e. The summed E-state index contributed by atoms with van der Waals surface area (Å²) in [5.41, 5.74) is 4.27. The van der Waals surface area contributed by atoms with Crippen LogP contribution in [0, 0.1) is 13.8 Å². The highest BCUT2D eigenvalue weighted by molar-refractivity contribution is 7.15. The first-order valence-corrected chi connectivity index (χ1v) is 7.84. The summed E-state index contributed by atoms with van der Waals surface area (Å²) in [5.74, 6) is -0.365. The average molecular weight is 302 g/mol. The lowest BCUT2D eigenvalue weighted by Crippen LogP contribution is -2.24. The first kappa shape index (κ1) is 14.1. The summed E-state index contributed by atoms with van der Waals surface area (Å²) in [4.78, 5) is 19.3. The van der Waals surface area contributed by atoms with Gasteiger partial charge in [0.25, 0.3) is 0 Å². The fourth-order valence-corrected chi connectivity index (χ4v) is 3.64. The van der Waals surface area contributed by atoms with Gasteiger partial charge in [-0.1, -0.05) is 17.7 Å². The van der Waals surface area contributed by atoms with Crippen LogP contribution in [0.2, 0.25) is 0 Å². The van der Waals surface area contributed by atoms with Crippen molar-refractivity contribution >= 4 is 28.1 Å². The summed E-state index contributed by atoms with van der Waals surface area (Å²) in [6, 6.07) is 6.51. The monoisotopic (exact) mass is 302 g/mol. The number of nitrogens with zero attached hydrogens (tertiary/aromatic N) is 2. The van der Waals surface area contributed by atoms with Gasteiger partial charge in [0.2, 0.25) is 0 Å². The Morgan fingerprint density at radius 1 is 1.38 bits per heavy atom. The third-order valence-corrected chi connectivity index (χ3v) is 4.74. The van der Waals surface area contributed by atoms with E-state index in [4.69, 9.17) is 4.74 Å². The van der Waals surface area contributed by atoms with Crippen LogP contribution < -0.4 is 4.90 Å². The Kier molecular flexibility index (Phi) is 3.68. The molecule has 0 N–H and O–H groups in total. The molecule has 0 radical (unpaired) electrons. The third kappa shape index (κ3) is 2.53. The Labute approximate surface area is 128 Å². The van der Waals surface area contributed by atoms with Gasteiger partial charge >= 0.3 is 5.97 Å². The van der Waals surface area contributed by atoms with E-state index in [1.807, 2.05) is 6.92 Å². The van der Waals surface area contributed by atoms with Gasteiger partial charge in [-0.15, -0.1) is 11.3 Å². The molecule has 0 unspecified atom stereocenters. The maximum atomic E-state index is 11.7. The molecule has 1 aliphatic rings. The highest BCUT2D eigenvalue weighted by atomic mass is 32.1. The van der Waals surface area contributed by atoms with Crippen molar-refractivity contribution in [3.05, 3.63) is 39.9 Å². The van der Waals surface area contributed by atoms with E-state index in [0.717, 1.165) is 29.4 Å². The van der Waals surface area contributed by atoms with Gasteiger partial charge in [0, 0.05) is 17.1 Å². The summed E-state index contributed by atoms with van der Waals surface area (Å²) in [6.07, 6.45) is 2.20. The number of aryl methyl sites for hydroxylation is 3. The van der Waals surface area contributed by atoms with Crippen molar-refractivity contribution in [3.63, 3.8) is 0 Å². The molecule has 2 aromatic rings. The number of carbonyl (C=O) groups is 1. The zero-order valence-electron chi connectivity index (χ0n) is 12.5. The van der Waals surface area contributed by atoms with Gasteiger partial charge in [0.15, 0.2) is 10.8 Å². The van der Waals surface area contributed by atoms with Crippen LogP contribution in [-0.2, 0) is 11.2 Å². The smallest absolute Gasteiger partial charge is 0.357 e. The minimum absolute atomic E-state index is 0.365. The fraction of sp³-hybridized carbons (Fsp3) is 0.375. The molecule has 2 heterocycles. The van der Waals surface area contributed by atoms with Gasteiger partial charge < -0.3 is 9.64 Å². The number of thiazole rings is 1. The number of ether oxygens (including phenoxy) is 1. The van der Waals surface area contributed by atoms with Crippen molar-refractivity contribution in [1.29, 1.82) is 0 Å². The van der Waals surface area contributed by atoms with E-state index in [1.54, 1.807) is 11.3 Å². The number of fused-ring (bicyclic) bond motifs is 1. The van der Waals surface area contributed by atoms with Crippen LogP contribution in [0.15, 0.2) is 18.2 Å². The van der Waals surface area contributed by atoms with Crippen LogP contribution >= 0.6 is 11.3 Å². The van der Waals surface area contributed by atoms with E-state index >= 15 is 0 Å². The zero-order valence-corrected chi connectivity index (χ0v) is 13.3. The van der Waals surface area contributed by atoms with Gasteiger partial charge in [-0.05, 0) is 38.3 Å². The van der Waals surface area contributed by atoms with Gasteiger partial charge in [-0.25, -0.2) is 9.78 Å². The SMILES string of the molecule is COC(=O)c1nc(N2CCCc3cc(C)ccc32)sc1C. The Hall–Kier alpha value is -1.88. The number of benzene rings is 1. The second-order valence-corrected chi connectivity index (χ2v) is 6.46. The number of rotatable bonds is 2. The highest BCUT2D eigenvalue weighted by Crippen LogP contribution is 2.37. The second-order valence-electron chi connectivity index (χ2n) is 5.28. The second kappa shape index (κ2) is 5.48. The maximum Gasteiger partial charge on any atom is 0.357 e. The number of carbonyl (C=O) groups excluding carboxylic acids is 1. The van der Waals surface area contributed by atoms with Crippen LogP contribution in [0.25, 0.3) is 0 Å². The number of aromatic nitrogens is 1. The number of anilines is 2. The predicted molar refractivity (Wildman–Crippen MR) is 84.7 cm³/mol. The van der Waals surface area contributed by atoms with Crippen LogP contribution in [0.3, 0.4) is 0 Å². The molecule has 0 aliphatic carbocycles. The molecule has 1 aliphatic heterocycles. The molecule has 3 rings (SSSR count). The number of hydrogen-bond acceptors (Lipinski definition) is 5. The minimum atomic E-state index is -0.365. The van der Waals surface area contributed by atoms with Crippen molar-refractivity contribution < 1.29 is 9.53 Å². The van der Waals surface area contributed by atoms with Crippen LogP contribution in [0.4, 0.5) is 10.8 Å². The number of methoxy groups -OCH3 is 1. The summed E-state index contributed by atoms with van der Waals surface area (Å²) in [5, 5.41) is 0.873. The molecular formula is C16H18N2O2S. The summed E-state index contributed by atoms with van der Waals surface area (Å²) >= 11 is 1.55. The van der Waals surface area contributed by atoms with E-state index in [9.17, 15) is 4.79 Å². The average Bonchev–Trinajstić information content (AvgIpc) is 2.87. The van der Waals surface area contributed by atoms with Crippen molar-refractivity contribution in [3.8, 4) is 0 Å². The van der Waals surface area contributed by atoms with Crippen molar-refractivity contribution in [2.75, 3.05) is 18.6 Å². The topological polar surface area (TPSA) is 42.4 Å². The molecule has 21 heavy (non-hydrogen) atoms. The lowest BCUT2D eigenvalue weighted by Gasteiger charge is -2.29. The third-order valence-electron chi connectivity index (χ3n) is 3.75. The predicted octanol–water partition coefficient (Wildman–Crippen LogP) is 3.63. The van der Waals surface area contributed by atoms with E-state index in [0.29, 0.717) is 5.69 Å². The molecular weight excluding hydrogens is 284 g/mol. The van der Waals surface area contributed by atoms with E-state index in [-0.39, 0.29) is 5.97 Å². The molecule has 4 nitrogen and oxygen atoms in total. The van der Waals surface area contributed by atoms with Crippen molar-refractivity contribution in [1.82, 2.24) is 4.98 Å². The number of hydrogen-bond donors (Lipinski definition) is 0. The van der Waals surface area contributed by atoms with Crippen molar-refractivity contribution in [2.24, 2.45) is 0 Å². The molecule has 1 aromatic heterocycles. The van der Waals surface area contributed by atoms with Gasteiger partial charge in [-0.2, -0.15) is 0 Å². The summed E-state index contributed by atoms with van der Waals surface area (Å²) in [6.45, 7) is 4.96. The molecule has 0 saturated heterocycles. The first-order chi connectivity index (χ1) is 10.1. The van der Waals surface area contributed by atoms with E-state index in [2.05, 4.69) is 35.0 Å². The molecule has 0 fully saturated rings. The Balaban J connectivity index is 2.01. The fourth-order valence-electron chi connectivity index (χ4n) is 2.71. The molecule has 0 amide bonds. The Morgan fingerprint density at radius 2 is 2.19 bits per heavy atom. The van der Waals surface area contributed by atoms with Crippen LogP contribution in [-0.4, -0.2) is 24.6 Å². The Bertz CT molecular complexity index is 694. The van der Waals surface area contributed by atoms with Crippen LogP contribution in [0.5, 0.6) is 0 Å². The van der Waals surface area contributed by atoms with Crippen LogP contribution in [0.1, 0.15) is 32.9 Å². The highest BCUT2D eigenvalue weighted by Gasteiger charge is 2.24. The van der Waals surface area contributed by atoms with E-state index in [1.165, 1.54) is 23.9 Å². The van der Waals surface area contributed by atoms with Gasteiger partial charge in [0.05, 0.1) is 7.11 Å². The molecule has 1 aromatic carbocycles. The Morgan fingerprint density at radius 3 is 2.95 bits per heavy atom. The molecule has 0 atom stereocenters. The van der Waals surface area contributed by atoms with Crippen molar-refractivity contribution in [2.45, 2.75) is 26.7 Å². The minimum Gasteiger partial charge on any atom is -0.464 e. The normalized spacial score (nSPS) is 14.0. The molecule has 5 heteroatoms. The summed E-state index contributed by atoms with van der Waals surface area (Å²) in [7, 11) is 1.39. The lowest BCUT2D eigenvalue weighted by molar-refractivity contribution is 0.0594. The zero-order chi connectivity index (χ0) is 15.0. The quantitative estimate of drug-likeness (QED) is 0.794. The molecule has 0 saturated carbocycles. The standard InChI is InChI=1S/C16H18N2O2S/c1-10-6-7-13-12(9-10)5-4-8-18(13)16-17-14(11(2)21-16)15(19)20-3/h6-7,9H,4-5,8H2,1-3H3. The maximum absolute atomic E-state index is 11.7.